The number of carboxylic acid groups (broad SMARTS) is 1. The molecule has 0 amide bonds. The molecule has 0 atom stereocenters. The van der Waals surface area contributed by atoms with Crippen molar-refractivity contribution in [2.45, 2.75) is 19.4 Å². The number of methoxy groups -OCH3 is 1. The van der Waals surface area contributed by atoms with Crippen molar-refractivity contribution in [3.63, 3.8) is 0 Å². The lowest BCUT2D eigenvalue weighted by atomic mass is 10.00. The Balaban J connectivity index is 1.53. The molecule has 3 rings (SSSR count). The zero-order valence-corrected chi connectivity index (χ0v) is 15.0. The molecular formula is C20H25N3O3. The summed E-state index contributed by atoms with van der Waals surface area (Å²) >= 11 is 0. The quantitative estimate of drug-likeness (QED) is 0.523. The summed E-state index contributed by atoms with van der Waals surface area (Å²) in [5, 5.41) is 12.4. The molecule has 1 aliphatic heterocycles. The number of nitrogens with zero attached hydrogens (tertiary/aromatic N) is 1. The van der Waals surface area contributed by atoms with Crippen LogP contribution >= 0.6 is 0 Å². The Morgan fingerprint density at radius 1 is 1.31 bits per heavy atom. The predicted octanol–water partition coefficient (Wildman–Crippen LogP) is 2.84. The van der Waals surface area contributed by atoms with Gasteiger partial charge in [-0.15, -0.1) is 0 Å². The number of rotatable bonds is 7. The van der Waals surface area contributed by atoms with Gasteiger partial charge in [-0.3, -0.25) is 4.90 Å². The number of carbonyl (C=O) groups is 1. The number of anilines is 2. The second-order valence-corrected chi connectivity index (χ2v) is 6.52. The smallest absolute Gasteiger partial charge is 0.335 e. The van der Waals surface area contributed by atoms with E-state index in [2.05, 4.69) is 34.5 Å². The summed E-state index contributed by atoms with van der Waals surface area (Å²) in [5.74, 6) is -0.568. The maximum absolute atomic E-state index is 11.1. The third-order valence-corrected chi connectivity index (χ3v) is 4.76. The minimum Gasteiger partial charge on any atom is -0.494 e. The maximum Gasteiger partial charge on any atom is 0.335 e. The Morgan fingerprint density at radius 2 is 2.08 bits per heavy atom. The van der Waals surface area contributed by atoms with E-state index in [1.165, 1.54) is 30.4 Å². The molecule has 26 heavy (non-hydrogen) atoms. The molecule has 0 spiro atoms. The average Bonchev–Trinajstić information content (AvgIpc) is 2.65. The normalized spacial score (nSPS) is 13.9. The summed E-state index contributed by atoms with van der Waals surface area (Å²) in [6, 6.07) is 11.6. The molecule has 0 bridgehead atoms. The summed E-state index contributed by atoms with van der Waals surface area (Å²) in [5.41, 5.74) is 10.0. The van der Waals surface area contributed by atoms with Crippen LogP contribution in [0.2, 0.25) is 0 Å². The second-order valence-electron chi connectivity index (χ2n) is 6.52. The van der Waals surface area contributed by atoms with E-state index in [0.717, 1.165) is 39.0 Å². The van der Waals surface area contributed by atoms with Crippen LogP contribution in [0.3, 0.4) is 0 Å². The Bertz CT molecular complexity index is 792. The van der Waals surface area contributed by atoms with E-state index in [9.17, 15) is 4.79 Å². The van der Waals surface area contributed by atoms with E-state index < -0.39 is 5.97 Å². The third kappa shape index (κ3) is 4.08. The van der Waals surface area contributed by atoms with Crippen LogP contribution in [0.4, 0.5) is 11.4 Å². The topological polar surface area (TPSA) is 87.8 Å². The number of nitrogen functional groups attached to an aromatic ring is 1. The van der Waals surface area contributed by atoms with Crippen molar-refractivity contribution in [2.75, 3.05) is 37.8 Å². The standard InChI is InChI=1S/C20H25N3O3/c1-26-18-12-16(20(24)25)11-17(21)19(18)22-8-4-9-23-10-7-14-5-2-3-6-15(14)13-23/h2-3,5-6,11-12,22H,4,7-10,13,21H2,1H3,(H,24,25). The number of hydrogen-bond acceptors (Lipinski definition) is 5. The number of nitrogens with two attached hydrogens (primary N) is 1. The first kappa shape index (κ1) is 18.1. The van der Waals surface area contributed by atoms with Gasteiger partial charge in [0.1, 0.15) is 11.4 Å². The first-order chi connectivity index (χ1) is 12.6. The van der Waals surface area contributed by atoms with Crippen molar-refractivity contribution in [1.82, 2.24) is 4.90 Å². The zero-order chi connectivity index (χ0) is 18.5. The molecule has 138 valence electrons. The fourth-order valence-electron chi connectivity index (χ4n) is 3.37. The second kappa shape index (κ2) is 8.10. The molecule has 0 unspecified atom stereocenters. The number of hydrogen-bond donors (Lipinski definition) is 3. The fourth-order valence-corrected chi connectivity index (χ4v) is 3.37. The molecule has 0 aromatic heterocycles. The monoisotopic (exact) mass is 355 g/mol. The summed E-state index contributed by atoms with van der Waals surface area (Å²) in [6.07, 6.45) is 2.06. The van der Waals surface area contributed by atoms with Gasteiger partial charge in [0.05, 0.1) is 18.4 Å². The summed E-state index contributed by atoms with van der Waals surface area (Å²) in [7, 11) is 1.51. The SMILES string of the molecule is COc1cc(C(=O)O)cc(N)c1NCCCN1CCc2ccccc2C1. The number of benzene rings is 2. The van der Waals surface area contributed by atoms with Crippen LogP contribution in [-0.2, 0) is 13.0 Å². The Morgan fingerprint density at radius 3 is 2.81 bits per heavy atom. The Hall–Kier alpha value is -2.73. The molecule has 0 radical (unpaired) electrons. The largest absolute Gasteiger partial charge is 0.494 e. The number of nitrogens with one attached hydrogen (secondary N) is 1. The van der Waals surface area contributed by atoms with Gasteiger partial charge in [-0.25, -0.2) is 4.79 Å². The lowest BCUT2D eigenvalue weighted by molar-refractivity contribution is 0.0696. The van der Waals surface area contributed by atoms with Crippen molar-refractivity contribution in [1.29, 1.82) is 0 Å². The lowest BCUT2D eigenvalue weighted by Crippen LogP contribution is -2.32. The first-order valence-electron chi connectivity index (χ1n) is 8.82. The van der Waals surface area contributed by atoms with Gasteiger partial charge >= 0.3 is 5.97 Å². The Labute approximate surface area is 153 Å². The molecule has 6 nitrogen and oxygen atoms in total. The maximum atomic E-state index is 11.1. The molecule has 1 aliphatic rings. The third-order valence-electron chi connectivity index (χ3n) is 4.76. The minimum atomic E-state index is -1.02. The Kier molecular flexibility index (Phi) is 5.63. The number of fused-ring (bicyclic) bond motifs is 1. The van der Waals surface area contributed by atoms with Crippen molar-refractivity contribution < 1.29 is 14.6 Å². The van der Waals surface area contributed by atoms with E-state index in [4.69, 9.17) is 15.6 Å². The van der Waals surface area contributed by atoms with Crippen LogP contribution in [-0.4, -0.2) is 42.7 Å². The highest BCUT2D eigenvalue weighted by atomic mass is 16.5. The van der Waals surface area contributed by atoms with E-state index >= 15 is 0 Å². The molecule has 0 aliphatic carbocycles. The van der Waals surface area contributed by atoms with Crippen LogP contribution in [0.5, 0.6) is 5.75 Å². The summed E-state index contributed by atoms with van der Waals surface area (Å²) < 4.78 is 5.29. The summed E-state index contributed by atoms with van der Waals surface area (Å²) in [4.78, 5) is 13.6. The van der Waals surface area contributed by atoms with Gasteiger partial charge in [0.25, 0.3) is 0 Å². The van der Waals surface area contributed by atoms with Crippen molar-refractivity contribution in [3.05, 3.63) is 53.1 Å². The van der Waals surface area contributed by atoms with Gasteiger partial charge in [-0.2, -0.15) is 0 Å². The van der Waals surface area contributed by atoms with E-state index in [1.807, 2.05) is 0 Å². The van der Waals surface area contributed by atoms with Crippen LogP contribution in [0.1, 0.15) is 27.9 Å². The zero-order valence-electron chi connectivity index (χ0n) is 15.0. The van der Waals surface area contributed by atoms with Gasteiger partial charge in [-0.1, -0.05) is 24.3 Å². The molecule has 0 fully saturated rings. The van der Waals surface area contributed by atoms with Gasteiger partial charge in [0, 0.05) is 26.2 Å². The van der Waals surface area contributed by atoms with Crippen LogP contribution < -0.4 is 15.8 Å². The molecule has 0 saturated heterocycles. The molecule has 6 heteroatoms. The van der Waals surface area contributed by atoms with Gasteiger partial charge in [0.15, 0.2) is 0 Å². The van der Waals surface area contributed by atoms with E-state index in [-0.39, 0.29) is 5.56 Å². The van der Waals surface area contributed by atoms with Crippen LogP contribution in [0.15, 0.2) is 36.4 Å². The number of carboxylic acids is 1. The highest BCUT2D eigenvalue weighted by Gasteiger charge is 2.16. The average molecular weight is 355 g/mol. The highest BCUT2D eigenvalue weighted by molar-refractivity contribution is 5.92. The van der Waals surface area contributed by atoms with Gasteiger partial charge < -0.3 is 20.9 Å². The molecule has 2 aromatic carbocycles. The highest BCUT2D eigenvalue weighted by Crippen LogP contribution is 2.32. The number of aromatic carboxylic acids is 1. The van der Waals surface area contributed by atoms with Crippen molar-refractivity contribution >= 4 is 17.3 Å². The van der Waals surface area contributed by atoms with Crippen molar-refractivity contribution in [3.8, 4) is 5.75 Å². The molecule has 2 aromatic rings. The van der Waals surface area contributed by atoms with E-state index in [0.29, 0.717) is 17.1 Å². The lowest BCUT2D eigenvalue weighted by Gasteiger charge is -2.28. The van der Waals surface area contributed by atoms with Crippen LogP contribution in [0, 0.1) is 0 Å². The molecule has 1 heterocycles. The van der Waals surface area contributed by atoms with Crippen LogP contribution in [0.25, 0.3) is 0 Å². The first-order valence-corrected chi connectivity index (χ1v) is 8.82. The van der Waals surface area contributed by atoms with Gasteiger partial charge in [-0.05, 0) is 36.1 Å². The van der Waals surface area contributed by atoms with Crippen molar-refractivity contribution in [2.24, 2.45) is 0 Å². The minimum absolute atomic E-state index is 0.122. The molecule has 0 saturated carbocycles. The van der Waals surface area contributed by atoms with Gasteiger partial charge in [0.2, 0.25) is 0 Å². The molecular weight excluding hydrogens is 330 g/mol. The predicted molar refractivity (Wildman–Crippen MR) is 103 cm³/mol. The number of ether oxygens (including phenoxy) is 1. The molecule has 4 N–H and O–H groups in total. The fraction of sp³-hybridized carbons (Fsp3) is 0.350. The summed E-state index contributed by atoms with van der Waals surface area (Å²) in [6.45, 7) is 3.81. The van der Waals surface area contributed by atoms with E-state index in [1.54, 1.807) is 0 Å².